The van der Waals surface area contributed by atoms with E-state index in [1.807, 2.05) is 0 Å². The maximum absolute atomic E-state index is 11.4. The number of ether oxygens (including phenoxy) is 1. The normalized spacial score (nSPS) is 10.6. The van der Waals surface area contributed by atoms with Gasteiger partial charge in [0, 0.05) is 0 Å². The monoisotopic (exact) mass is 208 g/mol. The van der Waals surface area contributed by atoms with E-state index < -0.39 is 5.63 Å². The first-order valence-corrected chi connectivity index (χ1v) is 4.45. The van der Waals surface area contributed by atoms with Gasteiger partial charge in [0.15, 0.2) is 6.29 Å². The lowest BCUT2D eigenvalue weighted by Crippen LogP contribution is -2.09. The fraction of sp³-hybridized carbons (Fsp3) is 0.273. The number of carbonyl (C=O) groups excluding carboxylic acids is 1. The Balaban J connectivity index is 3.61. The smallest absolute Gasteiger partial charge is 0.342 e. The van der Waals surface area contributed by atoms with Gasteiger partial charge >= 0.3 is 5.63 Å². The van der Waals surface area contributed by atoms with Crippen molar-refractivity contribution >= 4 is 12.4 Å². The van der Waals surface area contributed by atoms with E-state index in [9.17, 15) is 9.59 Å². The van der Waals surface area contributed by atoms with E-state index in [4.69, 9.17) is 9.15 Å². The van der Waals surface area contributed by atoms with Gasteiger partial charge in [-0.25, -0.2) is 4.79 Å². The van der Waals surface area contributed by atoms with Crippen LogP contribution in [0.1, 0.15) is 28.6 Å². The topological polar surface area (TPSA) is 56.5 Å². The summed E-state index contributed by atoms with van der Waals surface area (Å²) in [6.07, 6.45) is 3.84. The summed E-state index contributed by atoms with van der Waals surface area (Å²) in [5.74, 6) is 0.495. The second-order valence-corrected chi connectivity index (χ2v) is 2.94. The number of carbonyl (C=O) groups is 1. The first-order chi connectivity index (χ1) is 7.15. The zero-order chi connectivity index (χ0) is 11.4. The molecule has 0 aliphatic rings. The minimum Gasteiger partial charge on any atom is -0.495 e. The predicted octanol–water partition coefficient (Wildman–Crippen LogP) is 1.80. The Morgan fingerprint density at radius 2 is 2.07 bits per heavy atom. The molecule has 0 saturated heterocycles. The van der Waals surface area contributed by atoms with Gasteiger partial charge in [-0.3, -0.25) is 4.79 Å². The molecule has 4 nitrogen and oxygen atoms in total. The average molecular weight is 208 g/mol. The van der Waals surface area contributed by atoms with Crippen molar-refractivity contribution in [3.8, 4) is 5.75 Å². The van der Waals surface area contributed by atoms with Crippen LogP contribution in [0.2, 0.25) is 0 Å². The molecule has 15 heavy (non-hydrogen) atoms. The van der Waals surface area contributed by atoms with Gasteiger partial charge in [0.2, 0.25) is 0 Å². The third-order valence-electron chi connectivity index (χ3n) is 2.00. The van der Waals surface area contributed by atoms with Crippen molar-refractivity contribution in [3.63, 3.8) is 0 Å². The molecule has 0 N–H and O–H groups in total. The SMILES string of the molecule is CC=Cc1oc(=O)c(C)c(OC)c1C=O. The first-order valence-electron chi connectivity index (χ1n) is 4.45. The lowest BCUT2D eigenvalue weighted by Gasteiger charge is -2.07. The Labute approximate surface area is 87.2 Å². The predicted molar refractivity (Wildman–Crippen MR) is 56.4 cm³/mol. The summed E-state index contributed by atoms with van der Waals surface area (Å²) < 4.78 is 9.97. The molecule has 1 heterocycles. The number of methoxy groups -OCH3 is 1. The fourth-order valence-electron chi connectivity index (χ4n) is 1.29. The quantitative estimate of drug-likeness (QED) is 0.711. The highest BCUT2D eigenvalue weighted by Crippen LogP contribution is 2.23. The van der Waals surface area contributed by atoms with Crippen LogP contribution in [-0.4, -0.2) is 13.4 Å². The van der Waals surface area contributed by atoms with E-state index in [1.54, 1.807) is 26.0 Å². The zero-order valence-electron chi connectivity index (χ0n) is 8.87. The van der Waals surface area contributed by atoms with E-state index in [0.29, 0.717) is 11.8 Å². The highest BCUT2D eigenvalue weighted by molar-refractivity contribution is 5.84. The molecular formula is C11H12O4. The summed E-state index contributed by atoms with van der Waals surface area (Å²) in [6.45, 7) is 3.32. The van der Waals surface area contributed by atoms with Crippen LogP contribution in [0.3, 0.4) is 0 Å². The van der Waals surface area contributed by atoms with E-state index in [2.05, 4.69) is 0 Å². The molecule has 0 radical (unpaired) electrons. The van der Waals surface area contributed by atoms with Gasteiger partial charge < -0.3 is 9.15 Å². The molecule has 0 amide bonds. The highest BCUT2D eigenvalue weighted by Gasteiger charge is 2.15. The third kappa shape index (κ3) is 1.98. The van der Waals surface area contributed by atoms with Crippen LogP contribution in [0.4, 0.5) is 0 Å². The fourth-order valence-corrected chi connectivity index (χ4v) is 1.29. The molecule has 0 atom stereocenters. The Kier molecular flexibility index (Phi) is 3.44. The molecule has 0 fully saturated rings. The summed E-state index contributed by atoms with van der Waals surface area (Å²) in [7, 11) is 1.41. The highest BCUT2D eigenvalue weighted by atomic mass is 16.5. The zero-order valence-corrected chi connectivity index (χ0v) is 8.87. The van der Waals surface area contributed by atoms with E-state index in [0.717, 1.165) is 0 Å². The molecule has 0 aliphatic carbocycles. The van der Waals surface area contributed by atoms with Crippen LogP contribution in [0.25, 0.3) is 6.08 Å². The van der Waals surface area contributed by atoms with E-state index in [1.165, 1.54) is 7.11 Å². The Morgan fingerprint density at radius 1 is 1.40 bits per heavy atom. The summed E-state index contributed by atoms with van der Waals surface area (Å²) in [4.78, 5) is 22.2. The minimum atomic E-state index is -0.495. The van der Waals surface area contributed by atoms with Crippen molar-refractivity contribution in [2.24, 2.45) is 0 Å². The van der Waals surface area contributed by atoms with Crippen LogP contribution in [0.5, 0.6) is 5.75 Å². The number of allylic oxidation sites excluding steroid dienone is 1. The van der Waals surface area contributed by atoms with Gasteiger partial charge in [-0.2, -0.15) is 0 Å². The molecule has 1 aromatic heterocycles. The molecule has 4 heteroatoms. The molecule has 80 valence electrons. The third-order valence-corrected chi connectivity index (χ3v) is 2.00. The average Bonchev–Trinajstić information content (AvgIpc) is 2.23. The molecule has 0 spiro atoms. The van der Waals surface area contributed by atoms with Gasteiger partial charge in [0.25, 0.3) is 0 Å². The van der Waals surface area contributed by atoms with Crippen molar-refractivity contribution in [3.05, 3.63) is 33.4 Å². The molecule has 1 aromatic rings. The molecule has 1 rings (SSSR count). The number of hydrogen-bond donors (Lipinski definition) is 0. The minimum absolute atomic E-state index is 0.222. The van der Waals surface area contributed by atoms with Gasteiger partial charge in [0.05, 0.1) is 18.2 Å². The van der Waals surface area contributed by atoms with Crippen LogP contribution < -0.4 is 10.4 Å². The van der Waals surface area contributed by atoms with Crippen LogP contribution in [-0.2, 0) is 0 Å². The standard InChI is InChI=1S/C11H12O4/c1-4-5-9-8(6-12)10(14-3)7(2)11(13)15-9/h4-6H,1-3H3. The Morgan fingerprint density at radius 3 is 2.53 bits per heavy atom. The van der Waals surface area contributed by atoms with Crippen molar-refractivity contribution < 1.29 is 13.9 Å². The molecule has 0 saturated carbocycles. The summed E-state index contributed by atoms with van der Waals surface area (Å²) in [5, 5.41) is 0. The van der Waals surface area contributed by atoms with Crippen LogP contribution in [0, 0.1) is 6.92 Å². The molecular weight excluding hydrogens is 196 g/mol. The maximum Gasteiger partial charge on any atom is 0.342 e. The number of rotatable bonds is 3. The second kappa shape index (κ2) is 4.59. The lowest BCUT2D eigenvalue weighted by molar-refractivity contribution is 0.111. The summed E-state index contributed by atoms with van der Waals surface area (Å²) in [6, 6.07) is 0. The van der Waals surface area contributed by atoms with Gasteiger partial charge in [-0.15, -0.1) is 0 Å². The molecule has 0 aliphatic heterocycles. The van der Waals surface area contributed by atoms with Gasteiger partial charge in [0.1, 0.15) is 11.5 Å². The molecule has 0 bridgehead atoms. The van der Waals surface area contributed by atoms with Crippen molar-refractivity contribution in [1.82, 2.24) is 0 Å². The van der Waals surface area contributed by atoms with E-state index >= 15 is 0 Å². The Bertz CT molecular complexity index is 454. The van der Waals surface area contributed by atoms with E-state index in [-0.39, 0.29) is 17.1 Å². The van der Waals surface area contributed by atoms with Gasteiger partial charge in [-0.1, -0.05) is 6.08 Å². The Hall–Kier alpha value is -1.84. The molecule has 0 aromatic carbocycles. The lowest BCUT2D eigenvalue weighted by atomic mass is 10.1. The van der Waals surface area contributed by atoms with Crippen LogP contribution in [0.15, 0.2) is 15.3 Å². The van der Waals surface area contributed by atoms with Gasteiger partial charge in [-0.05, 0) is 19.9 Å². The largest absolute Gasteiger partial charge is 0.495 e. The van der Waals surface area contributed by atoms with Crippen molar-refractivity contribution in [1.29, 1.82) is 0 Å². The van der Waals surface area contributed by atoms with Crippen LogP contribution >= 0.6 is 0 Å². The maximum atomic E-state index is 11.4. The second-order valence-electron chi connectivity index (χ2n) is 2.94. The number of hydrogen-bond acceptors (Lipinski definition) is 4. The number of aldehydes is 1. The first kappa shape index (κ1) is 11.2. The summed E-state index contributed by atoms with van der Waals surface area (Å²) >= 11 is 0. The van der Waals surface area contributed by atoms with Crippen molar-refractivity contribution in [2.45, 2.75) is 13.8 Å². The van der Waals surface area contributed by atoms with Crippen molar-refractivity contribution in [2.75, 3.05) is 7.11 Å². The summed E-state index contributed by atoms with van der Waals surface area (Å²) in [5.41, 5.74) is 0.0612. The molecule has 0 unspecified atom stereocenters.